The SMILES string of the molecule is COc1ccc(F)c(CN2CCN(C(=O)C(C)C)[C@@H]3CS(=O)(=O)C[C@@H]32)c1. The lowest BCUT2D eigenvalue weighted by atomic mass is 10.0. The van der Waals surface area contributed by atoms with Gasteiger partial charge in [0.05, 0.1) is 24.7 Å². The fraction of sp³-hybridized carbons (Fsp3) is 0.611. The fourth-order valence-electron chi connectivity index (χ4n) is 3.84. The minimum atomic E-state index is -3.22. The van der Waals surface area contributed by atoms with Gasteiger partial charge in [-0.05, 0) is 18.2 Å². The predicted molar refractivity (Wildman–Crippen MR) is 96.1 cm³/mol. The van der Waals surface area contributed by atoms with E-state index in [9.17, 15) is 17.6 Å². The maximum atomic E-state index is 14.2. The highest BCUT2D eigenvalue weighted by Crippen LogP contribution is 2.30. The lowest BCUT2D eigenvalue weighted by Crippen LogP contribution is -2.60. The molecule has 1 aromatic carbocycles. The van der Waals surface area contributed by atoms with E-state index in [2.05, 4.69) is 0 Å². The van der Waals surface area contributed by atoms with Crippen LogP contribution < -0.4 is 4.74 Å². The Labute approximate surface area is 153 Å². The summed E-state index contributed by atoms with van der Waals surface area (Å²) in [6.07, 6.45) is 0. The molecule has 0 unspecified atom stereocenters. The normalized spacial score (nSPS) is 25.3. The molecule has 0 N–H and O–H groups in total. The van der Waals surface area contributed by atoms with Crippen LogP contribution in [0.3, 0.4) is 0 Å². The molecule has 2 aliphatic rings. The first-order chi connectivity index (χ1) is 12.2. The lowest BCUT2D eigenvalue weighted by molar-refractivity contribution is -0.140. The zero-order chi connectivity index (χ0) is 19.1. The summed E-state index contributed by atoms with van der Waals surface area (Å²) in [4.78, 5) is 16.2. The first kappa shape index (κ1) is 19.1. The summed E-state index contributed by atoms with van der Waals surface area (Å²) in [5.41, 5.74) is 0.469. The van der Waals surface area contributed by atoms with E-state index in [1.807, 2.05) is 18.7 Å². The first-order valence-corrected chi connectivity index (χ1v) is 10.6. The highest BCUT2D eigenvalue weighted by atomic mass is 32.2. The average molecular weight is 384 g/mol. The molecule has 26 heavy (non-hydrogen) atoms. The van der Waals surface area contributed by atoms with Gasteiger partial charge in [-0.1, -0.05) is 13.8 Å². The molecule has 1 amide bonds. The van der Waals surface area contributed by atoms with Crippen molar-refractivity contribution in [2.45, 2.75) is 32.5 Å². The van der Waals surface area contributed by atoms with Crippen molar-refractivity contribution in [2.75, 3.05) is 31.7 Å². The Morgan fingerprint density at radius 2 is 1.96 bits per heavy atom. The monoisotopic (exact) mass is 384 g/mol. The molecule has 0 spiro atoms. The number of rotatable bonds is 4. The van der Waals surface area contributed by atoms with Crippen LogP contribution in [0.4, 0.5) is 4.39 Å². The van der Waals surface area contributed by atoms with Gasteiger partial charge < -0.3 is 9.64 Å². The zero-order valence-electron chi connectivity index (χ0n) is 15.3. The number of amides is 1. The van der Waals surface area contributed by atoms with E-state index in [1.54, 1.807) is 17.0 Å². The molecule has 6 nitrogen and oxygen atoms in total. The number of hydrogen-bond acceptors (Lipinski definition) is 5. The second-order valence-electron chi connectivity index (χ2n) is 7.33. The number of carbonyl (C=O) groups is 1. The minimum absolute atomic E-state index is 0.00509. The Hall–Kier alpha value is -1.67. The van der Waals surface area contributed by atoms with Gasteiger partial charge >= 0.3 is 0 Å². The Morgan fingerprint density at radius 1 is 1.27 bits per heavy atom. The molecule has 0 saturated carbocycles. The highest BCUT2D eigenvalue weighted by Gasteiger charge is 2.48. The summed E-state index contributed by atoms with van der Waals surface area (Å²) in [5, 5.41) is 0. The molecule has 2 atom stereocenters. The number of piperazine rings is 1. The van der Waals surface area contributed by atoms with Crippen molar-refractivity contribution < 1.29 is 22.3 Å². The van der Waals surface area contributed by atoms with Crippen molar-refractivity contribution in [3.8, 4) is 5.75 Å². The standard InChI is InChI=1S/C18H25FN2O4S/c1-12(2)18(22)21-7-6-20(16-10-26(23,24)11-17(16)21)9-13-8-14(25-3)4-5-15(13)19/h4-5,8,12,16-17H,6-7,9-11H2,1-3H3/t16-,17+/m0/s1. The number of nitrogens with zero attached hydrogens (tertiary/aromatic N) is 2. The van der Waals surface area contributed by atoms with E-state index in [-0.39, 0.29) is 41.2 Å². The van der Waals surface area contributed by atoms with Crippen LogP contribution in [-0.2, 0) is 21.2 Å². The van der Waals surface area contributed by atoms with E-state index >= 15 is 0 Å². The molecule has 2 heterocycles. The molecule has 2 saturated heterocycles. The van der Waals surface area contributed by atoms with Crippen LogP contribution in [0.15, 0.2) is 18.2 Å². The summed E-state index contributed by atoms with van der Waals surface area (Å²) in [5.74, 6) is -0.00150. The number of hydrogen-bond donors (Lipinski definition) is 0. The Bertz CT molecular complexity index is 796. The summed E-state index contributed by atoms with van der Waals surface area (Å²) in [6, 6.07) is 3.88. The number of ether oxygens (including phenoxy) is 1. The molecule has 3 rings (SSSR count). The van der Waals surface area contributed by atoms with Crippen LogP contribution in [0.5, 0.6) is 5.75 Å². The van der Waals surface area contributed by atoms with Gasteiger partial charge in [0.25, 0.3) is 0 Å². The maximum absolute atomic E-state index is 14.2. The van der Waals surface area contributed by atoms with Crippen molar-refractivity contribution in [3.05, 3.63) is 29.6 Å². The highest BCUT2D eigenvalue weighted by molar-refractivity contribution is 7.91. The Morgan fingerprint density at radius 3 is 2.62 bits per heavy atom. The Kier molecular flexibility index (Phi) is 5.25. The van der Waals surface area contributed by atoms with Gasteiger partial charge in [-0.15, -0.1) is 0 Å². The molecule has 2 fully saturated rings. The molecule has 0 aliphatic carbocycles. The van der Waals surface area contributed by atoms with Gasteiger partial charge in [-0.2, -0.15) is 0 Å². The second-order valence-corrected chi connectivity index (χ2v) is 9.48. The molecular formula is C18H25FN2O4S. The van der Waals surface area contributed by atoms with Crippen LogP contribution in [0.2, 0.25) is 0 Å². The van der Waals surface area contributed by atoms with Gasteiger partial charge in [-0.25, -0.2) is 12.8 Å². The number of halogens is 1. The van der Waals surface area contributed by atoms with Gasteiger partial charge in [0, 0.05) is 37.2 Å². The largest absolute Gasteiger partial charge is 0.497 e. The number of sulfone groups is 1. The summed E-state index contributed by atoms with van der Waals surface area (Å²) >= 11 is 0. The zero-order valence-corrected chi connectivity index (χ0v) is 16.1. The van der Waals surface area contributed by atoms with Gasteiger partial charge in [-0.3, -0.25) is 9.69 Å². The maximum Gasteiger partial charge on any atom is 0.225 e. The van der Waals surface area contributed by atoms with E-state index < -0.39 is 9.84 Å². The van der Waals surface area contributed by atoms with Crippen molar-refractivity contribution in [1.82, 2.24) is 9.80 Å². The number of fused-ring (bicyclic) bond motifs is 1. The smallest absolute Gasteiger partial charge is 0.225 e. The molecule has 0 radical (unpaired) electrons. The topological polar surface area (TPSA) is 66.9 Å². The molecule has 0 bridgehead atoms. The van der Waals surface area contributed by atoms with Gasteiger partial charge in [0.2, 0.25) is 5.91 Å². The molecular weight excluding hydrogens is 359 g/mol. The molecule has 144 valence electrons. The van der Waals surface area contributed by atoms with E-state index in [0.29, 0.717) is 30.9 Å². The Balaban J connectivity index is 1.85. The first-order valence-electron chi connectivity index (χ1n) is 8.79. The third kappa shape index (κ3) is 3.71. The quantitative estimate of drug-likeness (QED) is 0.783. The van der Waals surface area contributed by atoms with Gasteiger partial charge in [0.1, 0.15) is 11.6 Å². The van der Waals surface area contributed by atoms with Crippen LogP contribution in [0.1, 0.15) is 19.4 Å². The van der Waals surface area contributed by atoms with E-state index in [0.717, 1.165) is 0 Å². The van der Waals surface area contributed by atoms with Crippen molar-refractivity contribution in [3.63, 3.8) is 0 Å². The third-order valence-electron chi connectivity index (χ3n) is 5.19. The van der Waals surface area contributed by atoms with Crippen molar-refractivity contribution >= 4 is 15.7 Å². The number of methoxy groups -OCH3 is 1. The van der Waals surface area contributed by atoms with Crippen LogP contribution >= 0.6 is 0 Å². The molecule has 1 aromatic rings. The average Bonchev–Trinajstić information content (AvgIpc) is 2.91. The van der Waals surface area contributed by atoms with Crippen molar-refractivity contribution in [2.24, 2.45) is 5.92 Å². The third-order valence-corrected chi connectivity index (χ3v) is 6.89. The van der Waals surface area contributed by atoms with Crippen molar-refractivity contribution in [1.29, 1.82) is 0 Å². The molecule has 8 heteroatoms. The predicted octanol–water partition coefficient (Wildman–Crippen LogP) is 1.30. The number of carbonyl (C=O) groups excluding carboxylic acids is 1. The number of benzene rings is 1. The fourth-order valence-corrected chi connectivity index (χ4v) is 5.86. The van der Waals surface area contributed by atoms with E-state index in [4.69, 9.17) is 4.74 Å². The summed E-state index contributed by atoms with van der Waals surface area (Å²) < 4.78 is 43.8. The summed E-state index contributed by atoms with van der Waals surface area (Å²) in [6.45, 7) is 4.91. The van der Waals surface area contributed by atoms with Gasteiger partial charge in [0.15, 0.2) is 9.84 Å². The summed E-state index contributed by atoms with van der Waals surface area (Å²) in [7, 11) is -1.70. The lowest BCUT2D eigenvalue weighted by Gasteiger charge is -2.44. The molecule has 0 aromatic heterocycles. The molecule has 2 aliphatic heterocycles. The second kappa shape index (κ2) is 7.15. The minimum Gasteiger partial charge on any atom is -0.497 e. The van der Waals surface area contributed by atoms with Crippen LogP contribution in [-0.4, -0.2) is 67.9 Å². The van der Waals surface area contributed by atoms with Crippen LogP contribution in [0, 0.1) is 11.7 Å². The van der Waals surface area contributed by atoms with E-state index in [1.165, 1.54) is 13.2 Å². The van der Waals surface area contributed by atoms with Crippen LogP contribution in [0.25, 0.3) is 0 Å².